The summed E-state index contributed by atoms with van der Waals surface area (Å²) in [5.41, 5.74) is 0. The number of unbranched alkanes of at least 4 members (excludes halogenated alkanes) is 9. The Hall–Kier alpha value is -0.230. The minimum atomic E-state index is -1.05. The smallest absolute Gasteiger partial charge is 0.282 e. The molecule has 0 saturated carbocycles. The van der Waals surface area contributed by atoms with Gasteiger partial charge < -0.3 is 0 Å². The highest BCUT2D eigenvalue weighted by molar-refractivity contribution is 8.47. The van der Waals surface area contributed by atoms with Gasteiger partial charge in [-0.3, -0.25) is 4.85 Å². The molecular formula is C17H28N2S3. The number of rotatable bonds is 12. The highest BCUT2D eigenvalue weighted by Gasteiger charge is 2.32. The number of thioether (sulfide) groups is 2. The monoisotopic (exact) mass is 356 g/mol. The summed E-state index contributed by atoms with van der Waals surface area (Å²) in [4.78, 5) is 2.28. The summed E-state index contributed by atoms with van der Waals surface area (Å²) in [6, 6.07) is 2.01. The maximum atomic E-state index is 8.94. The van der Waals surface area contributed by atoms with Crippen molar-refractivity contribution in [2.45, 2.75) is 82.9 Å². The maximum Gasteiger partial charge on any atom is 0.364 e. The molecule has 0 aromatic heterocycles. The molecule has 0 radical (unpaired) electrons. The summed E-state index contributed by atoms with van der Waals surface area (Å²) in [7, 11) is 0. The first-order valence-electron chi connectivity index (χ1n) is 8.23. The Bertz CT molecular complexity index is 368. The zero-order valence-electron chi connectivity index (χ0n) is 13.9. The Labute approximate surface area is 150 Å². The average molecular weight is 357 g/mol. The Balaban J connectivity index is 3.42. The molecule has 2 nitrogen and oxygen atoms in total. The summed E-state index contributed by atoms with van der Waals surface area (Å²) in [6.07, 6.45) is 13.3. The zero-order valence-corrected chi connectivity index (χ0v) is 16.3. The minimum absolute atomic E-state index is 0.718. The minimum Gasteiger partial charge on any atom is -0.282 e. The summed E-state index contributed by atoms with van der Waals surface area (Å²) in [5, 5.41) is 8.94. The van der Waals surface area contributed by atoms with E-state index in [9.17, 15) is 0 Å². The van der Waals surface area contributed by atoms with Crippen molar-refractivity contribution in [3.05, 3.63) is 11.4 Å². The quantitative estimate of drug-likeness (QED) is 0.218. The van der Waals surface area contributed by atoms with Crippen molar-refractivity contribution in [2.75, 3.05) is 5.75 Å². The van der Waals surface area contributed by atoms with Gasteiger partial charge in [-0.25, -0.2) is 6.57 Å². The van der Waals surface area contributed by atoms with Crippen LogP contribution in [-0.2, 0) is 0 Å². The fourth-order valence-corrected chi connectivity index (χ4v) is 4.65. The van der Waals surface area contributed by atoms with Crippen LogP contribution in [0.25, 0.3) is 4.85 Å². The molecule has 0 aromatic carbocycles. The molecule has 0 heterocycles. The van der Waals surface area contributed by atoms with E-state index in [0.29, 0.717) is 0 Å². The van der Waals surface area contributed by atoms with Crippen LogP contribution in [-0.4, -0.2) is 14.2 Å². The fourth-order valence-electron chi connectivity index (χ4n) is 2.01. The fraction of sp³-hybridized carbons (Fsp3) is 0.824. The third-order valence-electron chi connectivity index (χ3n) is 3.42. The largest absolute Gasteiger partial charge is 0.364 e. The first kappa shape index (κ1) is 21.8. The molecule has 0 aliphatic heterocycles. The van der Waals surface area contributed by atoms with E-state index >= 15 is 0 Å². The molecule has 0 fully saturated rings. The zero-order chi connectivity index (χ0) is 16.7. The average Bonchev–Trinajstić information content (AvgIpc) is 2.52. The molecule has 0 aliphatic carbocycles. The van der Waals surface area contributed by atoms with Crippen LogP contribution in [0, 0.1) is 17.9 Å². The number of nitrogens with zero attached hydrogens (tertiary/aromatic N) is 2. The van der Waals surface area contributed by atoms with Crippen molar-refractivity contribution in [3.63, 3.8) is 0 Å². The molecule has 0 saturated heterocycles. The molecule has 0 N–H and O–H groups in total. The number of nitriles is 1. The normalized spacial score (nSPS) is 13.1. The van der Waals surface area contributed by atoms with Crippen molar-refractivity contribution in [1.82, 2.24) is 0 Å². The Morgan fingerprint density at radius 1 is 1.09 bits per heavy atom. The van der Waals surface area contributed by atoms with Crippen LogP contribution in [0.2, 0.25) is 0 Å². The molecule has 5 heteroatoms. The lowest BCUT2D eigenvalue weighted by atomic mass is 10.1. The van der Waals surface area contributed by atoms with E-state index in [4.69, 9.17) is 24.1 Å². The lowest BCUT2D eigenvalue weighted by Gasteiger charge is -2.08. The van der Waals surface area contributed by atoms with E-state index in [0.717, 1.165) is 9.28 Å². The number of hydrogen-bond acceptors (Lipinski definition) is 4. The summed E-state index contributed by atoms with van der Waals surface area (Å²) >= 11 is 8.06. The second kappa shape index (κ2) is 14.4. The standard InChI is InChI=1S/C17H28N2S3/c1-4-5-6-7-8-9-10-11-12-13-14-21-16(20)22-17(2,15-18)19-3/h4-14H2,1-2H3. The van der Waals surface area contributed by atoms with Crippen molar-refractivity contribution in [1.29, 1.82) is 5.26 Å². The third-order valence-corrected chi connectivity index (χ3v) is 6.10. The first-order valence-corrected chi connectivity index (χ1v) is 10.4. The highest BCUT2D eigenvalue weighted by Crippen LogP contribution is 2.32. The predicted octanol–water partition coefficient (Wildman–Crippen LogP) is 6.82. The van der Waals surface area contributed by atoms with Gasteiger partial charge in [-0.05, 0) is 12.2 Å². The van der Waals surface area contributed by atoms with E-state index in [2.05, 4.69) is 11.8 Å². The van der Waals surface area contributed by atoms with Crippen molar-refractivity contribution in [3.8, 4) is 6.07 Å². The van der Waals surface area contributed by atoms with E-state index in [1.165, 1.54) is 76.0 Å². The van der Waals surface area contributed by atoms with Crippen LogP contribution >= 0.6 is 35.7 Å². The van der Waals surface area contributed by atoms with Crippen LogP contribution < -0.4 is 0 Å². The van der Waals surface area contributed by atoms with Crippen LogP contribution in [0.1, 0.15) is 78.1 Å². The molecule has 0 bridgehead atoms. The molecular weight excluding hydrogens is 328 g/mol. The van der Waals surface area contributed by atoms with Gasteiger partial charge in [-0.15, -0.1) is 11.8 Å². The number of thiocarbonyl (C=S) groups is 1. The topological polar surface area (TPSA) is 28.1 Å². The van der Waals surface area contributed by atoms with E-state index < -0.39 is 4.87 Å². The van der Waals surface area contributed by atoms with E-state index in [1.807, 2.05) is 6.07 Å². The highest BCUT2D eigenvalue weighted by atomic mass is 32.2. The van der Waals surface area contributed by atoms with Gasteiger partial charge in [-0.1, -0.05) is 76.9 Å². The maximum absolute atomic E-state index is 8.94. The second-order valence-electron chi connectivity index (χ2n) is 5.59. The van der Waals surface area contributed by atoms with Gasteiger partial charge in [-0.2, -0.15) is 5.26 Å². The molecule has 22 heavy (non-hydrogen) atoms. The molecule has 0 aromatic rings. The van der Waals surface area contributed by atoms with Crippen molar-refractivity contribution < 1.29 is 0 Å². The summed E-state index contributed by atoms with van der Waals surface area (Å²) < 4.78 is 0.718. The molecule has 0 rings (SSSR count). The predicted molar refractivity (Wildman–Crippen MR) is 105 cm³/mol. The Morgan fingerprint density at radius 2 is 1.59 bits per heavy atom. The molecule has 1 unspecified atom stereocenters. The van der Waals surface area contributed by atoms with Crippen molar-refractivity contribution >= 4 is 39.3 Å². The summed E-state index contributed by atoms with van der Waals surface area (Å²) in [6.45, 7) is 10.9. The van der Waals surface area contributed by atoms with Crippen LogP contribution in [0.5, 0.6) is 0 Å². The van der Waals surface area contributed by atoms with Gasteiger partial charge in [0.2, 0.25) is 0 Å². The van der Waals surface area contributed by atoms with Gasteiger partial charge in [0.15, 0.2) is 6.07 Å². The Kier molecular flexibility index (Phi) is 14.2. The molecule has 0 spiro atoms. The van der Waals surface area contributed by atoms with Gasteiger partial charge in [0, 0.05) is 18.7 Å². The van der Waals surface area contributed by atoms with E-state index in [-0.39, 0.29) is 0 Å². The van der Waals surface area contributed by atoms with Crippen molar-refractivity contribution in [2.24, 2.45) is 0 Å². The first-order chi connectivity index (χ1) is 10.6. The van der Waals surface area contributed by atoms with Gasteiger partial charge in [0.05, 0.1) is 0 Å². The third kappa shape index (κ3) is 12.3. The van der Waals surface area contributed by atoms with Gasteiger partial charge >= 0.3 is 4.87 Å². The van der Waals surface area contributed by atoms with Gasteiger partial charge in [0.25, 0.3) is 0 Å². The molecule has 1 atom stereocenters. The van der Waals surface area contributed by atoms with Crippen LogP contribution in [0.4, 0.5) is 0 Å². The van der Waals surface area contributed by atoms with E-state index in [1.54, 1.807) is 18.7 Å². The lowest BCUT2D eigenvalue weighted by molar-refractivity contribution is 0.563. The van der Waals surface area contributed by atoms with Gasteiger partial charge in [0.1, 0.15) is 3.53 Å². The molecule has 0 amide bonds. The lowest BCUT2D eigenvalue weighted by Crippen LogP contribution is -2.12. The Morgan fingerprint density at radius 3 is 2.05 bits per heavy atom. The number of hydrogen-bond donors (Lipinski definition) is 0. The molecule has 124 valence electrons. The SMILES string of the molecule is [C-]#[N+]C(C)(C#N)SC(=S)SCCCCCCCCCCCC. The van der Waals surface area contributed by atoms with Crippen LogP contribution in [0.3, 0.4) is 0 Å². The summed E-state index contributed by atoms with van der Waals surface area (Å²) in [5.74, 6) is 1.00. The van der Waals surface area contributed by atoms with Crippen LogP contribution in [0.15, 0.2) is 0 Å². The second-order valence-corrected chi connectivity index (χ2v) is 9.28. The molecule has 0 aliphatic rings.